The third kappa shape index (κ3) is 4.32. The molecule has 0 radical (unpaired) electrons. The van der Waals surface area contributed by atoms with Gasteiger partial charge in [-0.25, -0.2) is 0 Å². The Morgan fingerprint density at radius 2 is 1.65 bits per heavy atom. The van der Waals surface area contributed by atoms with E-state index in [0.29, 0.717) is 12.0 Å². The molecule has 0 aromatic heterocycles. The van der Waals surface area contributed by atoms with Crippen molar-refractivity contribution in [2.24, 2.45) is 5.92 Å². The molecule has 2 heteroatoms. The van der Waals surface area contributed by atoms with Gasteiger partial charge in [0.15, 0.2) is 0 Å². The second-order valence-electron chi connectivity index (χ2n) is 5.97. The molecule has 0 spiro atoms. The maximum Gasteiger partial charge on any atom is 0.0214 e. The fourth-order valence-corrected chi connectivity index (χ4v) is 2.39. The largest absolute Gasteiger partial charge is 0.315 e. The number of benzene rings is 2. The third-order valence-corrected chi connectivity index (χ3v) is 3.52. The van der Waals surface area contributed by atoms with Crippen LogP contribution in [0.1, 0.15) is 26.3 Å². The second-order valence-corrected chi connectivity index (χ2v) is 5.97. The first-order chi connectivity index (χ1) is 9.66. The summed E-state index contributed by atoms with van der Waals surface area (Å²) < 4.78 is 0. The molecule has 2 aromatic rings. The number of rotatable bonds is 7. The monoisotopic (exact) mass is 270 g/mol. The molecule has 0 amide bonds. The van der Waals surface area contributed by atoms with Crippen LogP contribution in [0.15, 0.2) is 42.5 Å². The Bertz CT molecular complexity index is 528. The van der Waals surface area contributed by atoms with Crippen molar-refractivity contribution in [2.45, 2.75) is 33.4 Å². The maximum atomic E-state index is 3.60. The van der Waals surface area contributed by atoms with Gasteiger partial charge in [0, 0.05) is 19.1 Å². The van der Waals surface area contributed by atoms with Gasteiger partial charge in [0.2, 0.25) is 0 Å². The van der Waals surface area contributed by atoms with Crippen LogP contribution >= 0.6 is 0 Å². The lowest BCUT2D eigenvalue weighted by molar-refractivity contribution is 0.473. The van der Waals surface area contributed by atoms with Gasteiger partial charge in [-0.1, -0.05) is 56.3 Å². The van der Waals surface area contributed by atoms with Crippen molar-refractivity contribution >= 4 is 10.8 Å². The predicted octanol–water partition coefficient (Wildman–Crippen LogP) is 3.56. The van der Waals surface area contributed by atoms with E-state index >= 15 is 0 Å². The number of nitrogens with one attached hydrogen (secondary N) is 2. The quantitative estimate of drug-likeness (QED) is 0.804. The van der Waals surface area contributed by atoms with Crippen molar-refractivity contribution in [1.82, 2.24) is 10.6 Å². The van der Waals surface area contributed by atoms with Gasteiger partial charge >= 0.3 is 0 Å². The van der Waals surface area contributed by atoms with E-state index in [1.54, 1.807) is 0 Å². The van der Waals surface area contributed by atoms with E-state index in [2.05, 4.69) is 73.9 Å². The van der Waals surface area contributed by atoms with Crippen LogP contribution in [0, 0.1) is 5.92 Å². The lowest BCUT2D eigenvalue weighted by Crippen LogP contribution is -2.37. The lowest BCUT2D eigenvalue weighted by atomic mass is 10.0. The molecule has 0 saturated carbocycles. The van der Waals surface area contributed by atoms with Gasteiger partial charge in [0.25, 0.3) is 0 Å². The Hall–Kier alpha value is -1.38. The van der Waals surface area contributed by atoms with Crippen LogP contribution in [-0.4, -0.2) is 19.1 Å². The Morgan fingerprint density at radius 1 is 0.900 bits per heavy atom. The molecule has 2 rings (SSSR count). The van der Waals surface area contributed by atoms with E-state index in [4.69, 9.17) is 0 Å². The van der Waals surface area contributed by atoms with E-state index in [1.807, 2.05) is 0 Å². The number of fused-ring (bicyclic) bond motifs is 1. The van der Waals surface area contributed by atoms with E-state index in [0.717, 1.165) is 19.6 Å². The number of hydrogen-bond donors (Lipinski definition) is 2. The summed E-state index contributed by atoms with van der Waals surface area (Å²) in [4.78, 5) is 0. The van der Waals surface area contributed by atoms with E-state index in [-0.39, 0.29) is 0 Å². The minimum Gasteiger partial charge on any atom is -0.315 e. The van der Waals surface area contributed by atoms with Gasteiger partial charge in [-0.2, -0.15) is 0 Å². The van der Waals surface area contributed by atoms with Gasteiger partial charge < -0.3 is 10.6 Å². The summed E-state index contributed by atoms with van der Waals surface area (Å²) in [6, 6.07) is 15.6. The third-order valence-electron chi connectivity index (χ3n) is 3.52. The molecular formula is C18H26N2. The van der Waals surface area contributed by atoms with Crippen LogP contribution in [0.25, 0.3) is 10.8 Å². The molecule has 20 heavy (non-hydrogen) atoms. The highest BCUT2D eigenvalue weighted by Crippen LogP contribution is 2.18. The normalized spacial score (nSPS) is 13.0. The average Bonchev–Trinajstić information content (AvgIpc) is 2.44. The summed E-state index contributed by atoms with van der Waals surface area (Å²) in [5.41, 5.74) is 1.37. The SMILES string of the molecule is CC(C)CNCC(C)NCc1cccc2ccccc12. The smallest absolute Gasteiger partial charge is 0.0214 e. The van der Waals surface area contributed by atoms with E-state index in [1.165, 1.54) is 16.3 Å². The van der Waals surface area contributed by atoms with Crippen molar-refractivity contribution in [3.63, 3.8) is 0 Å². The van der Waals surface area contributed by atoms with Crippen molar-refractivity contribution < 1.29 is 0 Å². The molecule has 0 aliphatic rings. The molecule has 0 aliphatic carbocycles. The Labute approximate surface area is 122 Å². The second kappa shape index (κ2) is 7.41. The molecular weight excluding hydrogens is 244 g/mol. The van der Waals surface area contributed by atoms with Crippen molar-refractivity contribution in [3.05, 3.63) is 48.0 Å². The first-order valence-corrected chi connectivity index (χ1v) is 7.57. The van der Waals surface area contributed by atoms with Gasteiger partial charge in [0.05, 0.1) is 0 Å². The van der Waals surface area contributed by atoms with Crippen LogP contribution in [-0.2, 0) is 6.54 Å². The minimum absolute atomic E-state index is 0.479. The van der Waals surface area contributed by atoms with Gasteiger partial charge in [-0.3, -0.25) is 0 Å². The molecule has 108 valence electrons. The fourth-order valence-electron chi connectivity index (χ4n) is 2.39. The highest BCUT2D eigenvalue weighted by Gasteiger charge is 2.04. The highest BCUT2D eigenvalue weighted by molar-refractivity contribution is 5.85. The maximum absolute atomic E-state index is 3.60. The molecule has 0 fully saturated rings. The van der Waals surface area contributed by atoms with Crippen molar-refractivity contribution in [3.8, 4) is 0 Å². The van der Waals surface area contributed by atoms with Crippen molar-refractivity contribution in [1.29, 1.82) is 0 Å². The zero-order valence-electron chi connectivity index (χ0n) is 12.8. The lowest BCUT2D eigenvalue weighted by Gasteiger charge is -2.16. The summed E-state index contributed by atoms with van der Waals surface area (Å²) >= 11 is 0. The van der Waals surface area contributed by atoms with Gasteiger partial charge in [-0.05, 0) is 35.7 Å². The average molecular weight is 270 g/mol. The van der Waals surface area contributed by atoms with Crippen LogP contribution < -0.4 is 10.6 Å². The van der Waals surface area contributed by atoms with Crippen molar-refractivity contribution in [2.75, 3.05) is 13.1 Å². The number of hydrogen-bond acceptors (Lipinski definition) is 2. The molecule has 0 aliphatic heterocycles. The zero-order valence-corrected chi connectivity index (χ0v) is 12.8. The summed E-state index contributed by atoms with van der Waals surface area (Å²) in [7, 11) is 0. The van der Waals surface area contributed by atoms with E-state index in [9.17, 15) is 0 Å². The molecule has 2 N–H and O–H groups in total. The van der Waals surface area contributed by atoms with Gasteiger partial charge in [0.1, 0.15) is 0 Å². The molecule has 2 aromatic carbocycles. The highest BCUT2D eigenvalue weighted by atomic mass is 15.0. The summed E-state index contributed by atoms with van der Waals surface area (Å²) in [5, 5.41) is 9.77. The Balaban J connectivity index is 1.89. The predicted molar refractivity (Wildman–Crippen MR) is 88.0 cm³/mol. The summed E-state index contributed by atoms with van der Waals surface area (Å²) in [5.74, 6) is 0.709. The van der Waals surface area contributed by atoms with Crippen LogP contribution in [0.2, 0.25) is 0 Å². The Morgan fingerprint density at radius 3 is 2.45 bits per heavy atom. The molecule has 1 atom stereocenters. The molecule has 0 saturated heterocycles. The van der Waals surface area contributed by atoms with Crippen LogP contribution in [0.4, 0.5) is 0 Å². The minimum atomic E-state index is 0.479. The fraction of sp³-hybridized carbons (Fsp3) is 0.444. The molecule has 0 bridgehead atoms. The summed E-state index contributed by atoms with van der Waals surface area (Å²) in [6.45, 7) is 9.73. The first kappa shape index (κ1) is 15.0. The molecule has 1 unspecified atom stereocenters. The first-order valence-electron chi connectivity index (χ1n) is 7.57. The molecule has 2 nitrogen and oxygen atoms in total. The summed E-state index contributed by atoms with van der Waals surface area (Å²) in [6.07, 6.45) is 0. The van der Waals surface area contributed by atoms with Crippen LogP contribution in [0.3, 0.4) is 0 Å². The topological polar surface area (TPSA) is 24.1 Å². The zero-order chi connectivity index (χ0) is 14.4. The van der Waals surface area contributed by atoms with Crippen LogP contribution in [0.5, 0.6) is 0 Å². The van der Waals surface area contributed by atoms with Gasteiger partial charge in [-0.15, -0.1) is 0 Å². The Kier molecular flexibility index (Phi) is 5.57. The molecule has 0 heterocycles. The standard InChI is InChI=1S/C18H26N2/c1-14(2)11-19-12-15(3)20-13-17-9-6-8-16-7-4-5-10-18(16)17/h4-10,14-15,19-20H,11-13H2,1-3H3. The van der Waals surface area contributed by atoms with E-state index < -0.39 is 0 Å².